The maximum absolute atomic E-state index is 9.54. The summed E-state index contributed by atoms with van der Waals surface area (Å²) in [4.78, 5) is 0. The van der Waals surface area contributed by atoms with Crippen LogP contribution in [0.1, 0.15) is 25.5 Å². The molecule has 1 aromatic carbocycles. The Bertz CT molecular complexity index is 310. The maximum Gasteiger partial charge on any atom is 0.160 e. The van der Waals surface area contributed by atoms with E-state index < -0.39 is 0 Å². The lowest BCUT2D eigenvalue weighted by atomic mass is 9.97. The molecular formula is C11H17NO2. The van der Waals surface area contributed by atoms with Gasteiger partial charge in [-0.05, 0) is 23.6 Å². The minimum Gasteiger partial charge on any atom is -0.504 e. The molecule has 0 aromatic heterocycles. The lowest BCUT2D eigenvalue weighted by molar-refractivity contribution is 0.372. The molecule has 0 heterocycles. The van der Waals surface area contributed by atoms with E-state index in [1.807, 2.05) is 19.9 Å². The summed E-state index contributed by atoms with van der Waals surface area (Å²) in [5, 5.41) is 9.54. The second-order valence-electron chi connectivity index (χ2n) is 3.70. The van der Waals surface area contributed by atoms with Crippen molar-refractivity contribution in [3.05, 3.63) is 23.8 Å². The highest BCUT2D eigenvalue weighted by Gasteiger charge is 2.12. The summed E-state index contributed by atoms with van der Waals surface area (Å²) in [6, 6.07) is 5.21. The molecule has 0 spiro atoms. The maximum atomic E-state index is 9.54. The molecular weight excluding hydrogens is 178 g/mol. The van der Waals surface area contributed by atoms with Gasteiger partial charge in [0, 0.05) is 6.04 Å². The molecule has 0 bridgehead atoms. The Morgan fingerprint density at radius 2 is 2.00 bits per heavy atom. The number of phenols is 1. The zero-order valence-electron chi connectivity index (χ0n) is 8.82. The molecule has 3 N–H and O–H groups in total. The number of hydrogen-bond donors (Lipinski definition) is 2. The van der Waals surface area contributed by atoms with Crippen molar-refractivity contribution in [2.75, 3.05) is 7.11 Å². The van der Waals surface area contributed by atoms with Crippen molar-refractivity contribution in [3.63, 3.8) is 0 Å². The predicted octanol–water partition coefficient (Wildman–Crippen LogP) is 2.06. The van der Waals surface area contributed by atoms with Gasteiger partial charge in [-0.1, -0.05) is 19.9 Å². The Hall–Kier alpha value is -1.22. The molecule has 0 saturated heterocycles. The van der Waals surface area contributed by atoms with Gasteiger partial charge in [0.2, 0.25) is 0 Å². The first-order valence-electron chi connectivity index (χ1n) is 4.68. The van der Waals surface area contributed by atoms with Gasteiger partial charge in [-0.2, -0.15) is 0 Å². The number of phenolic OH excluding ortho intramolecular Hbond substituents is 1. The predicted molar refractivity (Wildman–Crippen MR) is 56.4 cm³/mol. The molecule has 0 fully saturated rings. The topological polar surface area (TPSA) is 55.5 Å². The van der Waals surface area contributed by atoms with Crippen LogP contribution >= 0.6 is 0 Å². The lowest BCUT2D eigenvalue weighted by Gasteiger charge is -2.16. The SMILES string of the molecule is COc1ccc(C(N)C(C)C)cc1O. The monoisotopic (exact) mass is 195 g/mol. The first kappa shape index (κ1) is 10.9. The second-order valence-corrected chi connectivity index (χ2v) is 3.70. The molecule has 0 aliphatic heterocycles. The first-order valence-corrected chi connectivity index (χ1v) is 4.68. The van der Waals surface area contributed by atoms with Gasteiger partial charge in [-0.25, -0.2) is 0 Å². The van der Waals surface area contributed by atoms with Crippen molar-refractivity contribution in [1.29, 1.82) is 0 Å². The van der Waals surface area contributed by atoms with Crippen molar-refractivity contribution >= 4 is 0 Å². The second kappa shape index (κ2) is 4.33. The molecule has 0 amide bonds. The van der Waals surface area contributed by atoms with E-state index in [9.17, 15) is 5.11 Å². The van der Waals surface area contributed by atoms with Crippen LogP contribution in [0, 0.1) is 5.92 Å². The van der Waals surface area contributed by atoms with Crippen molar-refractivity contribution in [2.24, 2.45) is 11.7 Å². The molecule has 3 heteroatoms. The Labute approximate surface area is 84.5 Å². The Balaban J connectivity index is 2.96. The summed E-state index contributed by atoms with van der Waals surface area (Å²) in [5.41, 5.74) is 6.88. The highest BCUT2D eigenvalue weighted by atomic mass is 16.5. The number of ether oxygens (including phenoxy) is 1. The Morgan fingerprint density at radius 1 is 1.36 bits per heavy atom. The first-order chi connectivity index (χ1) is 6.56. The Morgan fingerprint density at radius 3 is 2.43 bits per heavy atom. The van der Waals surface area contributed by atoms with Gasteiger partial charge >= 0.3 is 0 Å². The van der Waals surface area contributed by atoms with E-state index in [2.05, 4.69) is 0 Å². The summed E-state index contributed by atoms with van der Waals surface area (Å²) in [6.45, 7) is 4.10. The fourth-order valence-electron chi connectivity index (χ4n) is 1.30. The molecule has 1 aromatic rings. The van der Waals surface area contributed by atoms with Crippen LogP contribution in [-0.4, -0.2) is 12.2 Å². The molecule has 1 unspecified atom stereocenters. The number of aromatic hydroxyl groups is 1. The summed E-state index contributed by atoms with van der Waals surface area (Å²) in [7, 11) is 1.52. The smallest absolute Gasteiger partial charge is 0.160 e. The van der Waals surface area contributed by atoms with E-state index in [1.165, 1.54) is 7.11 Å². The van der Waals surface area contributed by atoms with Gasteiger partial charge in [0.05, 0.1) is 7.11 Å². The van der Waals surface area contributed by atoms with Crippen molar-refractivity contribution < 1.29 is 9.84 Å². The highest BCUT2D eigenvalue weighted by molar-refractivity contribution is 5.42. The number of methoxy groups -OCH3 is 1. The highest BCUT2D eigenvalue weighted by Crippen LogP contribution is 2.30. The van der Waals surface area contributed by atoms with Crippen LogP contribution in [0.25, 0.3) is 0 Å². The zero-order valence-corrected chi connectivity index (χ0v) is 8.82. The largest absolute Gasteiger partial charge is 0.504 e. The van der Waals surface area contributed by atoms with Gasteiger partial charge in [-0.3, -0.25) is 0 Å². The molecule has 0 saturated carbocycles. The average Bonchev–Trinajstić information content (AvgIpc) is 2.16. The summed E-state index contributed by atoms with van der Waals surface area (Å²) in [5.74, 6) is 0.966. The third-order valence-corrected chi connectivity index (χ3v) is 2.31. The average molecular weight is 195 g/mol. The Kier molecular flexibility index (Phi) is 3.36. The van der Waals surface area contributed by atoms with Crippen molar-refractivity contribution in [3.8, 4) is 11.5 Å². The van der Waals surface area contributed by atoms with Crippen LogP contribution in [0.5, 0.6) is 11.5 Å². The third-order valence-electron chi connectivity index (χ3n) is 2.31. The standard InChI is InChI=1S/C11H17NO2/c1-7(2)11(12)8-4-5-10(14-3)9(13)6-8/h4-7,11,13H,12H2,1-3H3. The van der Waals surface area contributed by atoms with Gasteiger partial charge in [0.1, 0.15) is 0 Å². The van der Waals surface area contributed by atoms with Crippen LogP contribution in [0.3, 0.4) is 0 Å². The quantitative estimate of drug-likeness (QED) is 0.776. The van der Waals surface area contributed by atoms with Gasteiger partial charge in [0.25, 0.3) is 0 Å². The van der Waals surface area contributed by atoms with Crippen LogP contribution in [-0.2, 0) is 0 Å². The van der Waals surface area contributed by atoms with E-state index in [1.54, 1.807) is 12.1 Å². The third kappa shape index (κ3) is 2.17. The number of nitrogens with two attached hydrogens (primary N) is 1. The van der Waals surface area contributed by atoms with E-state index >= 15 is 0 Å². The minimum atomic E-state index is -0.0493. The van der Waals surface area contributed by atoms with Gasteiger partial charge in [0.15, 0.2) is 11.5 Å². The fourth-order valence-corrected chi connectivity index (χ4v) is 1.30. The van der Waals surface area contributed by atoms with Crippen molar-refractivity contribution in [2.45, 2.75) is 19.9 Å². The van der Waals surface area contributed by atoms with Crippen molar-refractivity contribution in [1.82, 2.24) is 0 Å². The summed E-state index contributed by atoms with van der Waals surface area (Å²) in [6.07, 6.45) is 0. The van der Waals surface area contributed by atoms with E-state index in [-0.39, 0.29) is 11.8 Å². The number of rotatable bonds is 3. The molecule has 0 aliphatic carbocycles. The molecule has 0 radical (unpaired) electrons. The lowest BCUT2D eigenvalue weighted by Crippen LogP contribution is -2.16. The molecule has 1 rings (SSSR count). The number of hydrogen-bond acceptors (Lipinski definition) is 3. The van der Waals surface area contributed by atoms with Gasteiger partial charge in [-0.15, -0.1) is 0 Å². The normalized spacial score (nSPS) is 12.9. The van der Waals surface area contributed by atoms with Crippen LogP contribution in [0.4, 0.5) is 0 Å². The van der Waals surface area contributed by atoms with E-state index in [0.717, 1.165) is 5.56 Å². The summed E-state index contributed by atoms with van der Waals surface area (Å²) < 4.78 is 4.95. The molecule has 3 nitrogen and oxygen atoms in total. The molecule has 78 valence electrons. The number of benzene rings is 1. The molecule has 0 aliphatic rings. The fraction of sp³-hybridized carbons (Fsp3) is 0.455. The zero-order chi connectivity index (χ0) is 10.7. The van der Waals surface area contributed by atoms with E-state index in [0.29, 0.717) is 11.7 Å². The molecule has 14 heavy (non-hydrogen) atoms. The minimum absolute atomic E-state index is 0.0493. The van der Waals surface area contributed by atoms with Crippen LogP contribution in [0.15, 0.2) is 18.2 Å². The molecule has 1 atom stereocenters. The van der Waals surface area contributed by atoms with Crippen LogP contribution in [0.2, 0.25) is 0 Å². The van der Waals surface area contributed by atoms with Crippen LogP contribution < -0.4 is 10.5 Å². The summed E-state index contributed by atoms with van der Waals surface area (Å²) >= 11 is 0. The van der Waals surface area contributed by atoms with Gasteiger partial charge < -0.3 is 15.6 Å². The van der Waals surface area contributed by atoms with E-state index in [4.69, 9.17) is 10.5 Å².